The first-order chi connectivity index (χ1) is 16.8. The number of nitrogens with two attached hydrogens (primary N) is 1. The minimum absolute atomic E-state index is 0.0386. The smallest absolute Gasteiger partial charge is 0.384 e. The molecule has 0 saturated carbocycles. The molecule has 0 atom stereocenters. The van der Waals surface area contributed by atoms with Gasteiger partial charge in [0.1, 0.15) is 16.4 Å². The molecule has 0 amide bonds. The third-order valence-electron chi connectivity index (χ3n) is 5.93. The van der Waals surface area contributed by atoms with Crippen LogP contribution in [0.2, 0.25) is 0 Å². The van der Waals surface area contributed by atoms with Crippen LogP contribution < -0.4 is 10.6 Å². The molecule has 13 heteroatoms. The van der Waals surface area contributed by atoms with Crippen LogP contribution in [0.5, 0.6) is 0 Å². The highest BCUT2D eigenvalue weighted by molar-refractivity contribution is 7.92. The van der Waals surface area contributed by atoms with Crippen LogP contribution in [0.4, 0.5) is 29.3 Å². The minimum Gasteiger partial charge on any atom is -0.384 e. The summed E-state index contributed by atoms with van der Waals surface area (Å²) in [5.74, 6) is -0.882. The first-order valence-electron chi connectivity index (χ1n) is 10.9. The summed E-state index contributed by atoms with van der Waals surface area (Å²) in [6.07, 6.45) is -3.82. The molecule has 3 heterocycles. The van der Waals surface area contributed by atoms with Gasteiger partial charge in [-0.15, -0.1) is 0 Å². The van der Waals surface area contributed by atoms with Gasteiger partial charge in [0.15, 0.2) is 9.84 Å². The molecule has 0 spiro atoms. The van der Waals surface area contributed by atoms with E-state index in [1.165, 1.54) is 19.9 Å². The van der Waals surface area contributed by atoms with Gasteiger partial charge in [0, 0.05) is 24.8 Å². The van der Waals surface area contributed by atoms with Crippen molar-refractivity contribution in [2.24, 2.45) is 0 Å². The molecule has 3 aromatic rings. The van der Waals surface area contributed by atoms with Crippen LogP contribution >= 0.6 is 0 Å². The summed E-state index contributed by atoms with van der Waals surface area (Å²) < 4.78 is 85.7. The number of nitrogen functional groups attached to an aromatic ring is 1. The van der Waals surface area contributed by atoms with Crippen molar-refractivity contribution in [1.29, 1.82) is 0 Å². The summed E-state index contributed by atoms with van der Waals surface area (Å²) in [6.45, 7) is 4.18. The van der Waals surface area contributed by atoms with Crippen LogP contribution in [0.3, 0.4) is 0 Å². The lowest BCUT2D eigenvalue weighted by Gasteiger charge is -2.30. The van der Waals surface area contributed by atoms with E-state index >= 15 is 0 Å². The number of rotatable bonds is 5. The van der Waals surface area contributed by atoms with Crippen molar-refractivity contribution >= 4 is 21.6 Å². The number of sulfone groups is 1. The highest BCUT2D eigenvalue weighted by Crippen LogP contribution is 2.40. The molecule has 36 heavy (non-hydrogen) atoms. The maximum Gasteiger partial charge on any atom is 0.417 e. The Hall–Kier alpha value is -3.32. The molecule has 0 bridgehead atoms. The number of halogens is 4. The molecule has 1 aliphatic rings. The van der Waals surface area contributed by atoms with Gasteiger partial charge >= 0.3 is 6.18 Å². The summed E-state index contributed by atoms with van der Waals surface area (Å²) in [5, 5.41) is 0. The van der Waals surface area contributed by atoms with Crippen molar-refractivity contribution in [3.63, 3.8) is 0 Å². The fourth-order valence-corrected chi connectivity index (χ4v) is 5.21. The first-order valence-corrected chi connectivity index (χ1v) is 12.3. The van der Waals surface area contributed by atoms with E-state index in [1.54, 1.807) is 4.90 Å². The molecule has 2 N–H and O–H groups in total. The van der Waals surface area contributed by atoms with Gasteiger partial charge in [-0.25, -0.2) is 27.8 Å². The summed E-state index contributed by atoms with van der Waals surface area (Å²) in [4.78, 5) is 14.1. The van der Waals surface area contributed by atoms with Gasteiger partial charge in [-0.3, -0.25) is 0 Å². The summed E-state index contributed by atoms with van der Waals surface area (Å²) in [5.41, 5.74) is 3.87. The molecule has 0 aliphatic carbocycles. The van der Waals surface area contributed by atoms with Gasteiger partial charge < -0.3 is 15.4 Å². The zero-order valence-corrected chi connectivity index (χ0v) is 20.2. The quantitative estimate of drug-likeness (QED) is 0.395. The van der Waals surface area contributed by atoms with E-state index in [4.69, 9.17) is 10.5 Å². The third-order valence-corrected chi connectivity index (χ3v) is 8.37. The van der Waals surface area contributed by atoms with E-state index in [0.29, 0.717) is 32.4 Å². The molecule has 2 aromatic heterocycles. The number of hydrogen-bond donors (Lipinski definition) is 1. The maximum atomic E-state index is 13.9. The number of anilines is 2. The number of ether oxygens (including phenoxy) is 1. The molecule has 1 aliphatic heterocycles. The van der Waals surface area contributed by atoms with Crippen LogP contribution in [0.15, 0.2) is 47.5 Å². The molecule has 1 aromatic carbocycles. The Balaban J connectivity index is 1.93. The number of alkyl halides is 3. The molecule has 4 rings (SSSR count). The van der Waals surface area contributed by atoms with Gasteiger partial charge in [-0.05, 0) is 50.2 Å². The van der Waals surface area contributed by atoms with Gasteiger partial charge in [0.2, 0.25) is 5.95 Å². The second-order valence-corrected chi connectivity index (χ2v) is 11.2. The van der Waals surface area contributed by atoms with Crippen molar-refractivity contribution in [3.05, 3.63) is 59.7 Å². The van der Waals surface area contributed by atoms with Gasteiger partial charge in [-0.2, -0.15) is 13.2 Å². The molecular weight excluding hydrogens is 502 g/mol. The lowest BCUT2D eigenvalue weighted by molar-refractivity contribution is -0.137. The Labute approximate surface area is 205 Å². The zero-order chi connectivity index (χ0) is 26.3. The van der Waals surface area contributed by atoms with Crippen molar-refractivity contribution in [2.75, 3.05) is 36.9 Å². The molecule has 8 nitrogen and oxygen atoms in total. The Morgan fingerprint density at radius 2 is 1.67 bits per heavy atom. The van der Waals surface area contributed by atoms with Crippen LogP contribution in [0, 0.1) is 5.82 Å². The predicted octanol–water partition coefficient (Wildman–Crippen LogP) is 3.82. The standard InChI is InChI=1S/C23H23F4N5O3S/c1-22(2,36(33,34)15-5-3-14(24)4-6-15)19-12-18(30-21(31-19)32-7-9-35-10-8-32)16-13-29-20(28)11-17(16)23(25,26)27/h3-6,11-13H,7-10H2,1-2H3,(H2,28,29). The van der Waals surface area contributed by atoms with Crippen LogP contribution in [0.25, 0.3) is 11.3 Å². The number of benzene rings is 1. The van der Waals surface area contributed by atoms with Crippen molar-refractivity contribution < 1.29 is 30.7 Å². The van der Waals surface area contributed by atoms with Crippen LogP contribution in [-0.4, -0.2) is 49.7 Å². The average Bonchev–Trinajstić information content (AvgIpc) is 2.84. The van der Waals surface area contributed by atoms with Crippen molar-refractivity contribution in [2.45, 2.75) is 29.7 Å². The number of pyridine rings is 1. The highest BCUT2D eigenvalue weighted by Gasteiger charge is 2.41. The fraction of sp³-hybridized carbons (Fsp3) is 0.348. The molecule has 192 valence electrons. The Kier molecular flexibility index (Phi) is 6.64. The van der Waals surface area contributed by atoms with E-state index in [9.17, 15) is 26.0 Å². The number of nitrogens with zero attached hydrogens (tertiary/aromatic N) is 4. The molecule has 1 fully saturated rings. The second-order valence-electron chi connectivity index (χ2n) is 8.66. The van der Waals surface area contributed by atoms with Crippen molar-refractivity contribution in [3.8, 4) is 11.3 Å². The molecule has 0 unspecified atom stereocenters. The predicted molar refractivity (Wildman–Crippen MR) is 124 cm³/mol. The Bertz CT molecular complexity index is 1370. The maximum absolute atomic E-state index is 13.9. The van der Waals surface area contributed by atoms with Crippen molar-refractivity contribution in [1.82, 2.24) is 15.0 Å². The van der Waals surface area contributed by atoms with E-state index in [0.717, 1.165) is 30.5 Å². The third kappa shape index (κ3) is 4.85. The number of aromatic nitrogens is 3. The van der Waals surface area contributed by atoms with Crippen LogP contribution in [-0.2, 0) is 25.5 Å². The van der Waals surface area contributed by atoms with E-state index in [1.807, 2.05) is 0 Å². The van der Waals surface area contributed by atoms with E-state index < -0.39 is 32.1 Å². The summed E-state index contributed by atoms with van der Waals surface area (Å²) in [6, 6.07) is 6.19. The Morgan fingerprint density at radius 3 is 2.28 bits per heavy atom. The van der Waals surface area contributed by atoms with Gasteiger partial charge in [0.25, 0.3) is 0 Å². The largest absolute Gasteiger partial charge is 0.417 e. The molecule has 1 saturated heterocycles. The summed E-state index contributed by atoms with van der Waals surface area (Å²) >= 11 is 0. The second kappa shape index (κ2) is 9.28. The SMILES string of the molecule is CC(C)(c1cc(-c2cnc(N)cc2C(F)(F)F)nc(N2CCOCC2)n1)S(=O)(=O)c1ccc(F)cc1. The van der Waals surface area contributed by atoms with E-state index in [2.05, 4.69) is 15.0 Å². The minimum atomic E-state index is -4.77. The zero-order valence-electron chi connectivity index (χ0n) is 19.4. The lowest BCUT2D eigenvalue weighted by atomic mass is 10.0. The average molecular weight is 526 g/mol. The monoisotopic (exact) mass is 525 g/mol. The molecular formula is C23H23F4N5O3S. The number of morpholine rings is 1. The normalized spacial score (nSPS) is 15.2. The van der Waals surface area contributed by atoms with Crippen LogP contribution in [0.1, 0.15) is 25.1 Å². The van der Waals surface area contributed by atoms with E-state index in [-0.39, 0.29) is 33.6 Å². The van der Waals surface area contributed by atoms with Gasteiger partial charge in [-0.1, -0.05) is 0 Å². The Morgan fingerprint density at radius 1 is 1.03 bits per heavy atom. The summed E-state index contributed by atoms with van der Waals surface area (Å²) in [7, 11) is -4.16. The first kappa shape index (κ1) is 25.8. The topological polar surface area (TPSA) is 111 Å². The highest BCUT2D eigenvalue weighted by atomic mass is 32.2. The van der Waals surface area contributed by atoms with Gasteiger partial charge in [0.05, 0.1) is 35.1 Å². The number of hydrogen-bond acceptors (Lipinski definition) is 8. The fourth-order valence-electron chi connectivity index (χ4n) is 3.74. The molecule has 0 radical (unpaired) electrons. The lowest BCUT2D eigenvalue weighted by Crippen LogP contribution is -2.38.